The molecule has 0 saturated carbocycles. The van der Waals surface area contributed by atoms with Crippen LogP contribution in [0.4, 0.5) is 5.82 Å². The van der Waals surface area contributed by atoms with Crippen LogP contribution in [0.3, 0.4) is 0 Å². The standard InChI is InChI=1S/C15H18N4O4/c1-15(2)22-13(20)11(14(21)23-15)12(16)9-5-6-10(18-17-9)19-7-3-4-8-19/h5-6H,3-4,7-8,16H2,1-2H3. The Morgan fingerprint density at radius 2 is 1.74 bits per heavy atom. The summed E-state index contributed by atoms with van der Waals surface area (Å²) in [4.78, 5) is 26.1. The molecule has 2 aliphatic rings. The highest BCUT2D eigenvalue weighted by Crippen LogP contribution is 2.26. The molecule has 2 N–H and O–H groups in total. The van der Waals surface area contributed by atoms with Gasteiger partial charge in [0, 0.05) is 26.9 Å². The van der Waals surface area contributed by atoms with Crippen molar-refractivity contribution in [3.8, 4) is 0 Å². The fourth-order valence-corrected chi connectivity index (χ4v) is 2.58. The summed E-state index contributed by atoms with van der Waals surface area (Å²) < 4.78 is 10.1. The second kappa shape index (κ2) is 5.53. The molecule has 0 bridgehead atoms. The summed E-state index contributed by atoms with van der Waals surface area (Å²) in [5, 5.41) is 8.13. The predicted octanol–water partition coefficient (Wildman–Crippen LogP) is 0.583. The minimum atomic E-state index is -1.30. The van der Waals surface area contributed by atoms with E-state index in [1.54, 1.807) is 12.1 Å². The van der Waals surface area contributed by atoms with Gasteiger partial charge in [-0.2, -0.15) is 0 Å². The van der Waals surface area contributed by atoms with Crippen molar-refractivity contribution >= 4 is 23.5 Å². The van der Waals surface area contributed by atoms with Crippen LogP contribution in [0.15, 0.2) is 17.7 Å². The quantitative estimate of drug-likeness (QED) is 0.479. The third-order valence-electron chi connectivity index (χ3n) is 3.71. The summed E-state index contributed by atoms with van der Waals surface area (Å²) >= 11 is 0. The van der Waals surface area contributed by atoms with Crippen molar-refractivity contribution in [2.45, 2.75) is 32.5 Å². The molecule has 0 radical (unpaired) electrons. The molecule has 1 aromatic heterocycles. The van der Waals surface area contributed by atoms with Gasteiger partial charge in [0.05, 0.1) is 5.70 Å². The van der Waals surface area contributed by atoms with Gasteiger partial charge in [-0.1, -0.05) is 0 Å². The van der Waals surface area contributed by atoms with Crippen molar-refractivity contribution in [1.29, 1.82) is 0 Å². The number of aromatic nitrogens is 2. The van der Waals surface area contributed by atoms with Crippen LogP contribution < -0.4 is 10.6 Å². The molecule has 1 aromatic rings. The van der Waals surface area contributed by atoms with Gasteiger partial charge in [0.2, 0.25) is 0 Å². The molecule has 0 unspecified atom stereocenters. The number of carbonyl (C=O) groups is 2. The Morgan fingerprint density at radius 3 is 2.26 bits per heavy atom. The smallest absolute Gasteiger partial charge is 0.351 e. The molecule has 0 spiro atoms. The lowest BCUT2D eigenvalue weighted by atomic mass is 10.1. The van der Waals surface area contributed by atoms with Gasteiger partial charge < -0.3 is 20.1 Å². The Morgan fingerprint density at radius 1 is 1.13 bits per heavy atom. The Labute approximate surface area is 133 Å². The first-order valence-corrected chi connectivity index (χ1v) is 7.43. The van der Waals surface area contributed by atoms with E-state index in [1.807, 2.05) is 0 Å². The van der Waals surface area contributed by atoms with Gasteiger partial charge >= 0.3 is 11.9 Å². The molecule has 2 aliphatic heterocycles. The lowest BCUT2D eigenvalue weighted by Crippen LogP contribution is -2.42. The number of hydrogen-bond donors (Lipinski definition) is 1. The fraction of sp³-hybridized carbons (Fsp3) is 0.467. The largest absolute Gasteiger partial charge is 0.419 e. The molecular weight excluding hydrogens is 300 g/mol. The zero-order valence-electron chi connectivity index (χ0n) is 13.0. The predicted molar refractivity (Wildman–Crippen MR) is 80.8 cm³/mol. The van der Waals surface area contributed by atoms with Crippen LogP contribution in [-0.2, 0) is 19.1 Å². The van der Waals surface area contributed by atoms with E-state index >= 15 is 0 Å². The van der Waals surface area contributed by atoms with Gasteiger partial charge in [-0.25, -0.2) is 9.59 Å². The normalized spacial score (nSPS) is 20.3. The van der Waals surface area contributed by atoms with Gasteiger partial charge in [-0.05, 0) is 25.0 Å². The molecular formula is C15H18N4O4. The van der Waals surface area contributed by atoms with Gasteiger partial charge in [0.1, 0.15) is 5.69 Å². The van der Waals surface area contributed by atoms with Gasteiger partial charge in [0.15, 0.2) is 11.4 Å². The topological polar surface area (TPSA) is 108 Å². The Balaban J connectivity index is 1.88. The first-order valence-electron chi connectivity index (χ1n) is 7.43. The molecule has 0 aromatic carbocycles. The van der Waals surface area contributed by atoms with E-state index in [2.05, 4.69) is 15.1 Å². The number of carbonyl (C=O) groups excluding carboxylic acids is 2. The Hall–Kier alpha value is -2.64. The molecule has 23 heavy (non-hydrogen) atoms. The van der Waals surface area contributed by atoms with Crippen LogP contribution in [0, 0.1) is 0 Å². The van der Waals surface area contributed by atoms with Crippen molar-refractivity contribution < 1.29 is 19.1 Å². The van der Waals surface area contributed by atoms with Crippen LogP contribution in [0.25, 0.3) is 5.70 Å². The monoisotopic (exact) mass is 318 g/mol. The summed E-state index contributed by atoms with van der Waals surface area (Å²) in [6.07, 6.45) is 2.26. The first-order chi connectivity index (χ1) is 10.9. The van der Waals surface area contributed by atoms with Crippen LogP contribution in [-0.4, -0.2) is 41.0 Å². The van der Waals surface area contributed by atoms with Gasteiger partial charge in [-0.3, -0.25) is 0 Å². The van der Waals surface area contributed by atoms with Gasteiger partial charge in [0.25, 0.3) is 5.79 Å². The molecule has 0 aliphatic carbocycles. The number of cyclic esters (lactones) is 2. The molecule has 3 heterocycles. The number of anilines is 1. The summed E-state index contributed by atoms with van der Waals surface area (Å²) in [6.45, 7) is 4.83. The highest BCUT2D eigenvalue weighted by atomic mass is 16.7. The molecule has 3 rings (SSSR count). The second-order valence-electron chi connectivity index (χ2n) is 5.94. The average Bonchev–Trinajstić information content (AvgIpc) is 2.99. The highest BCUT2D eigenvalue weighted by molar-refractivity contribution is 6.20. The summed E-state index contributed by atoms with van der Waals surface area (Å²) in [6, 6.07) is 3.40. The Bertz CT molecular complexity index is 653. The minimum Gasteiger partial charge on any atom is -0.419 e. The third-order valence-corrected chi connectivity index (χ3v) is 3.71. The van der Waals surface area contributed by atoms with Crippen molar-refractivity contribution in [3.05, 3.63) is 23.4 Å². The van der Waals surface area contributed by atoms with E-state index in [9.17, 15) is 9.59 Å². The maximum Gasteiger partial charge on any atom is 0.351 e. The molecule has 2 fully saturated rings. The van der Waals surface area contributed by atoms with E-state index in [4.69, 9.17) is 15.2 Å². The molecule has 8 nitrogen and oxygen atoms in total. The maximum absolute atomic E-state index is 12.0. The number of rotatable bonds is 2. The van der Waals surface area contributed by atoms with E-state index in [0.717, 1.165) is 31.7 Å². The number of ether oxygens (including phenoxy) is 2. The first kappa shape index (κ1) is 15.3. The average molecular weight is 318 g/mol. The van der Waals surface area contributed by atoms with Crippen LogP contribution in [0.5, 0.6) is 0 Å². The molecule has 8 heteroatoms. The fourth-order valence-electron chi connectivity index (χ4n) is 2.58. The second-order valence-corrected chi connectivity index (χ2v) is 5.94. The summed E-state index contributed by atoms with van der Waals surface area (Å²) in [5.74, 6) is -2.20. The molecule has 0 amide bonds. The van der Waals surface area contributed by atoms with Crippen LogP contribution in [0.2, 0.25) is 0 Å². The Kier molecular flexibility index (Phi) is 3.67. The van der Waals surface area contributed by atoms with Gasteiger partial charge in [-0.15, -0.1) is 10.2 Å². The zero-order chi connectivity index (χ0) is 16.6. The number of nitrogens with two attached hydrogens (primary N) is 1. The van der Waals surface area contributed by atoms with Crippen molar-refractivity contribution in [2.24, 2.45) is 5.73 Å². The van der Waals surface area contributed by atoms with E-state index in [-0.39, 0.29) is 17.0 Å². The van der Waals surface area contributed by atoms with E-state index < -0.39 is 17.7 Å². The minimum absolute atomic E-state index is 0.101. The summed E-state index contributed by atoms with van der Waals surface area (Å²) in [5.41, 5.74) is 5.68. The van der Waals surface area contributed by atoms with Crippen molar-refractivity contribution in [3.63, 3.8) is 0 Å². The highest BCUT2D eigenvalue weighted by Gasteiger charge is 2.41. The molecule has 0 atom stereocenters. The van der Waals surface area contributed by atoms with Crippen molar-refractivity contribution in [2.75, 3.05) is 18.0 Å². The van der Waals surface area contributed by atoms with Crippen LogP contribution in [0.1, 0.15) is 32.4 Å². The SMILES string of the molecule is CC1(C)OC(=O)C(=C(N)c2ccc(N3CCCC3)nn2)C(=O)O1. The zero-order valence-corrected chi connectivity index (χ0v) is 13.0. The maximum atomic E-state index is 12.0. The molecule has 2 saturated heterocycles. The lowest BCUT2D eigenvalue weighted by Gasteiger charge is -2.30. The van der Waals surface area contributed by atoms with E-state index in [0.29, 0.717) is 0 Å². The van der Waals surface area contributed by atoms with E-state index in [1.165, 1.54) is 13.8 Å². The number of nitrogens with zero attached hydrogens (tertiary/aromatic N) is 3. The summed E-state index contributed by atoms with van der Waals surface area (Å²) in [7, 11) is 0. The molecule has 122 valence electrons. The lowest BCUT2D eigenvalue weighted by molar-refractivity contribution is -0.222. The number of esters is 2. The third kappa shape index (κ3) is 2.96. The number of hydrogen-bond acceptors (Lipinski definition) is 8. The van der Waals surface area contributed by atoms with Crippen molar-refractivity contribution in [1.82, 2.24) is 10.2 Å². The van der Waals surface area contributed by atoms with Crippen LogP contribution >= 0.6 is 0 Å².